The predicted molar refractivity (Wildman–Crippen MR) is 119 cm³/mol. The lowest BCUT2D eigenvalue weighted by Gasteiger charge is -2.37. The second kappa shape index (κ2) is 9.07. The first-order chi connectivity index (χ1) is 14.9. The van der Waals surface area contributed by atoms with Crippen molar-refractivity contribution >= 4 is 33.1 Å². The fraction of sp³-hybridized carbons (Fsp3) is 0.476. The Hall–Kier alpha value is -2.04. The van der Waals surface area contributed by atoms with Crippen molar-refractivity contribution in [3.05, 3.63) is 46.4 Å². The molecule has 0 bridgehead atoms. The van der Waals surface area contributed by atoms with Crippen LogP contribution in [-0.2, 0) is 10.0 Å². The van der Waals surface area contributed by atoms with Crippen LogP contribution in [0.1, 0.15) is 32.8 Å². The number of hydrogen-bond acceptors (Lipinski definition) is 5. The molecule has 6 nitrogen and oxygen atoms in total. The van der Waals surface area contributed by atoms with Crippen LogP contribution in [0.5, 0.6) is 0 Å². The summed E-state index contributed by atoms with van der Waals surface area (Å²) >= 11 is 6.19. The number of sulfonamides is 1. The molecule has 32 heavy (non-hydrogen) atoms. The minimum atomic E-state index is -4.76. The molecule has 1 aromatic heterocycles. The quantitative estimate of drug-likeness (QED) is 0.455. The van der Waals surface area contributed by atoms with Gasteiger partial charge in [-0.3, -0.25) is 9.62 Å². The maximum Gasteiger partial charge on any atom is 0.268 e. The Morgan fingerprint density at radius 3 is 2.47 bits per heavy atom. The summed E-state index contributed by atoms with van der Waals surface area (Å²) in [4.78, 5) is 6.20. The average molecular weight is 491 g/mol. The van der Waals surface area contributed by atoms with Crippen LogP contribution in [0.4, 0.5) is 24.7 Å². The summed E-state index contributed by atoms with van der Waals surface area (Å²) in [7, 11) is -4.76. The molecule has 0 radical (unpaired) electrons. The maximum atomic E-state index is 15.1. The van der Waals surface area contributed by atoms with E-state index in [0.29, 0.717) is 18.7 Å². The Morgan fingerprint density at radius 2 is 1.88 bits per heavy atom. The molecule has 176 valence electrons. The topological polar surface area (TPSA) is 65.5 Å². The van der Waals surface area contributed by atoms with Gasteiger partial charge >= 0.3 is 0 Å². The Labute approximate surface area is 191 Å². The zero-order valence-corrected chi connectivity index (χ0v) is 19.9. The van der Waals surface area contributed by atoms with Crippen LogP contribution in [-0.4, -0.2) is 50.0 Å². The van der Waals surface area contributed by atoms with Gasteiger partial charge in [0.2, 0.25) is 5.95 Å². The molecule has 0 spiro atoms. The molecule has 0 aliphatic carbocycles. The molecule has 2 heterocycles. The van der Waals surface area contributed by atoms with Gasteiger partial charge in [0, 0.05) is 24.7 Å². The molecule has 1 aromatic carbocycles. The fourth-order valence-electron chi connectivity index (χ4n) is 4.30. The van der Waals surface area contributed by atoms with Crippen LogP contribution >= 0.6 is 11.6 Å². The number of anilines is 2. The molecule has 1 saturated heterocycles. The highest BCUT2D eigenvalue weighted by molar-refractivity contribution is 7.92. The van der Waals surface area contributed by atoms with E-state index in [9.17, 15) is 17.2 Å². The molecule has 3 rings (SSSR count). The van der Waals surface area contributed by atoms with E-state index in [2.05, 4.69) is 16.8 Å². The molecule has 1 fully saturated rings. The number of nitrogens with one attached hydrogen (secondary N) is 1. The number of pyridine rings is 1. The third kappa shape index (κ3) is 4.67. The van der Waals surface area contributed by atoms with Crippen LogP contribution in [0, 0.1) is 24.5 Å². The molecule has 0 unspecified atom stereocenters. The summed E-state index contributed by atoms with van der Waals surface area (Å²) < 4.78 is 70.8. The van der Waals surface area contributed by atoms with Gasteiger partial charge in [-0.1, -0.05) is 25.4 Å². The van der Waals surface area contributed by atoms with E-state index >= 15 is 4.39 Å². The summed E-state index contributed by atoms with van der Waals surface area (Å²) in [6.45, 7) is 10.4. The highest BCUT2D eigenvalue weighted by Gasteiger charge is 2.39. The SMILES string of the molecule is CCN(CC)[C@]1(C)CCN(c2cc(F)c(S(=O)(=O)Nc3cc(C)cc(F)n3)c(F)c2Cl)C1. The summed E-state index contributed by atoms with van der Waals surface area (Å²) in [6.07, 6.45) is 0.764. The van der Waals surface area contributed by atoms with Gasteiger partial charge in [0.1, 0.15) is 16.7 Å². The fourth-order valence-corrected chi connectivity index (χ4v) is 5.76. The van der Waals surface area contributed by atoms with Crippen LogP contribution in [0.15, 0.2) is 23.1 Å². The molecular weight excluding hydrogens is 465 g/mol. The Morgan fingerprint density at radius 1 is 1.22 bits per heavy atom. The van der Waals surface area contributed by atoms with Crippen molar-refractivity contribution in [2.24, 2.45) is 0 Å². The van der Waals surface area contributed by atoms with Crippen LogP contribution in [0.3, 0.4) is 0 Å². The first-order valence-electron chi connectivity index (χ1n) is 10.3. The van der Waals surface area contributed by atoms with Crippen molar-refractivity contribution < 1.29 is 21.6 Å². The van der Waals surface area contributed by atoms with E-state index in [4.69, 9.17) is 11.6 Å². The van der Waals surface area contributed by atoms with Gasteiger partial charge in [0.25, 0.3) is 10.0 Å². The maximum absolute atomic E-state index is 15.1. The van der Waals surface area contributed by atoms with Crippen molar-refractivity contribution in [2.45, 2.75) is 44.6 Å². The van der Waals surface area contributed by atoms with E-state index < -0.39 is 43.3 Å². The van der Waals surface area contributed by atoms with Crippen LogP contribution in [0.25, 0.3) is 0 Å². The van der Waals surface area contributed by atoms with Gasteiger partial charge in [-0.2, -0.15) is 4.39 Å². The molecule has 1 aliphatic rings. The lowest BCUT2D eigenvalue weighted by atomic mass is 9.99. The molecule has 11 heteroatoms. The molecule has 0 saturated carbocycles. The predicted octanol–water partition coefficient (Wildman–Crippen LogP) is 4.57. The number of rotatable bonds is 7. The largest absolute Gasteiger partial charge is 0.368 e. The van der Waals surface area contributed by atoms with Crippen molar-refractivity contribution in [1.29, 1.82) is 0 Å². The van der Waals surface area contributed by atoms with Gasteiger partial charge in [0.15, 0.2) is 10.7 Å². The lowest BCUT2D eigenvalue weighted by molar-refractivity contribution is 0.137. The standard InChI is InChI=1S/C21H26ClF3N4O2S/c1-5-29(6-2)21(4)7-8-28(12-21)15-11-14(23)20(19(25)18(15)22)32(30,31)27-17-10-13(3)9-16(24)26-17/h9-11H,5-8,12H2,1-4H3,(H,26,27)/t21-/m1/s1. The zero-order valence-electron chi connectivity index (χ0n) is 18.3. The number of aromatic nitrogens is 1. The minimum absolute atomic E-state index is 0.0937. The Kier molecular flexibility index (Phi) is 6.97. The minimum Gasteiger partial charge on any atom is -0.368 e. The van der Waals surface area contributed by atoms with Gasteiger partial charge in [0.05, 0.1) is 5.69 Å². The molecule has 0 amide bonds. The van der Waals surface area contributed by atoms with Crippen molar-refractivity contribution in [1.82, 2.24) is 9.88 Å². The highest BCUT2D eigenvalue weighted by atomic mass is 35.5. The number of halogens is 4. The van der Waals surface area contributed by atoms with E-state index in [0.717, 1.165) is 31.6 Å². The number of nitrogens with zero attached hydrogens (tertiary/aromatic N) is 3. The van der Waals surface area contributed by atoms with Crippen LogP contribution in [0.2, 0.25) is 5.02 Å². The second-order valence-electron chi connectivity index (χ2n) is 8.13. The van der Waals surface area contributed by atoms with E-state index in [-0.39, 0.29) is 11.2 Å². The molecule has 1 N–H and O–H groups in total. The first-order valence-corrected chi connectivity index (χ1v) is 12.1. The Bertz CT molecular complexity index is 1110. The number of aryl methyl sites for hydroxylation is 1. The summed E-state index contributed by atoms with van der Waals surface area (Å²) in [5, 5.41) is -0.487. The van der Waals surface area contributed by atoms with Gasteiger partial charge in [-0.15, -0.1) is 0 Å². The van der Waals surface area contributed by atoms with Gasteiger partial charge < -0.3 is 4.90 Å². The van der Waals surface area contributed by atoms with Gasteiger partial charge in [-0.25, -0.2) is 22.2 Å². The van der Waals surface area contributed by atoms with Crippen LogP contribution < -0.4 is 9.62 Å². The zero-order chi connectivity index (χ0) is 23.8. The molecular formula is C21H26ClF3N4O2S. The van der Waals surface area contributed by atoms with Gasteiger partial charge in [-0.05, 0) is 51.1 Å². The normalized spacial score (nSPS) is 19.1. The molecule has 2 aromatic rings. The number of likely N-dealkylation sites (N-methyl/N-ethyl adjacent to an activating group) is 1. The van der Waals surface area contributed by atoms with Crippen molar-refractivity contribution in [3.8, 4) is 0 Å². The highest BCUT2D eigenvalue weighted by Crippen LogP contribution is 2.39. The third-order valence-electron chi connectivity index (χ3n) is 5.86. The molecule has 1 aliphatic heterocycles. The molecule has 1 atom stereocenters. The Balaban J connectivity index is 1.96. The summed E-state index contributed by atoms with van der Waals surface area (Å²) in [5.41, 5.74) is 0.276. The monoisotopic (exact) mass is 490 g/mol. The second-order valence-corrected chi connectivity index (χ2v) is 10.1. The summed E-state index contributed by atoms with van der Waals surface area (Å²) in [5.74, 6) is -4.02. The first kappa shape index (κ1) is 24.6. The third-order valence-corrected chi connectivity index (χ3v) is 7.61. The summed E-state index contributed by atoms with van der Waals surface area (Å²) in [6, 6.07) is 3.26. The number of benzene rings is 1. The van der Waals surface area contributed by atoms with E-state index in [1.807, 2.05) is 18.6 Å². The number of hydrogen-bond donors (Lipinski definition) is 1. The smallest absolute Gasteiger partial charge is 0.268 e. The van der Waals surface area contributed by atoms with E-state index in [1.54, 1.807) is 4.90 Å². The lowest BCUT2D eigenvalue weighted by Crippen LogP contribution is -2.48. The van der Waals surface area contributed by atoms with E-state index in [1.165, 1.54) is 13.0 Å². The van der Waals surface area contributed by atoms with Crippen molar-refractivity contribution in [3.63, 3.8) is 0 Å². The average Bonchev–Trinajstić information content (AvgIpc) is 3.07. The van der Waals surface area contributed by atoms with Crippen molar-refractivity contribution in [2.75, 3.05) is 35.8 Å².